The lowest BCUT2D eigenvalue weighted by Crippen LogP contribution is -2.30. The van der Waals surface area contributed by atoms with Crippen molar-refractivity contribution in [3.05, 3.63) is 23.8 Å². The fourth-order valence-corrected chi connectivity index (χ4v) is 1.76. The number of ether oxygens (including phenoxy) is 3. The summed E-state index contributed by atoms with van der Waals surface area (Å²) < 4.78 is 15.8. The monoisotopic (exact) mass is 293 g/mol. The second kappa shape index (κ2) is 8.19. The molecule has 0 saturated carbocycles. The van der Waals surface area contributed by atoms with Crippen molar-refractivity contribution in [3.8, 4) is 17.2 Å². The van der Waals surface area contributed by atoms with Gasteiger partial charge in [0.25, 0.3) is 0 Å². The van der Waals surface area contributed by atoms with E-state index in [9.17, 15) is 4.79 Å². The van der Waals surface area contributed by atoms with Crippen molar-refractivity contribution in [2.24, 2.45) is 0 Å². The second-order valence-corrected chi connectivity index (χ2v) is 4.61. The van der Waals surface area contributed by atoms with Crippen LogP contribution >= 0.6 is 0 Å². The molecular formula is C16H23NO4. The van der Waals surface area contributed by atoms with Crippen molar-refractivity contribution in [2.75, 3.05) is 21.3 Å². The molecule has 0 fully saturated rings. The first kappa shape index (κ1) is 16.9. The molecule has 0 aromatic heterocycles. The van der Waals surface area contributed by atoms with Crippen LogP contribution in [0.4, 0.5) is 0 Å². The van der Waals surface area contributed by atoms with Gasteiger partial charge in [-0.2, -0.15) is 0 Å². The number of carbonyl (C=O) groups is 1. The number of amides is 1. The highest BCUT2D eigenvalue weighted by Gasteiger charge is 2.12. The van der Waals surface area contributed by atoms with Gasteiger partial charge in [-0.05, 0) is 37.1 Å². The number of hydrogen-bond acceptors (Lipinski definition) is 4. The summed E-state index contributed by atoms with van der Waals surface area (Å²) in [7, 11) is 4.66. The van der Waals surface area contributed by atoms with Crippen molar-refractivity contribution >= 4 is 12.0 Å². The molecule has 1 atom stereocenters. The van der Waals surface area contributed by atoms with Crippen LogP contribution in [0, 0.1) is 0 Å². The van der Waals surface area contributed by atoms with E-state index in [4.69, 9.17) is 14.2 Å². The lowest BCUT2D eigenvalue weighted by atomic mass is 10.1. The Balaban J connectivity index is 2.96. The van der Waals surface area contributed by atoms with E-state index in [0.29, 0.717) is 17.2 Å². The Morgan fingerprint density at radius 3 is 2.19 bits per heavy atom. The Morgan fingerprint density at radius 2 is 1.76 bits per heavy atom. The minimum atomic E-state index is -0.127. The Morgan fingerprint density at radius 1 is 1.19 bits per heavy atom. The highest BCUT2D eigenvalue weighted by molar-refractivity contribution is 5.92. The molecule has 21 heavy (non-hydrogen) atoms. The normalized spacial score (nSPS) is 12.0. The lowest BCUT2D eigenvalue weighted by molar-refractivity contribution is -0.117. The van der Waals surface area contributed by atoms with E-state index in [2.05, 4.69) is 5.32 Å². The summed E-state index contributed by atoms with van der Waals surface area (Å²) in [4.78, 5) is 11.7. The van der Waals surface area contributed by atoms with E-state index in [1.54, 1.807) is 39.5 Å². The molecule has 1 N–H and O–H groups in total. The molecule has 5 heteroatoms. The number of nitrogens with one attached hydrogen (secondary N) is 1. The summed E-state index contributed by atoms with van der Waals surface area (Å²) in [6, 6.07) is 3.73. The fourth-order valence-electron chi connectivity index (χ4n) is 1.76. The van der Waals surface area contributed by atoms with Crippen LogP contribution in [0.5, 0.6) is 17.2 Å². The molecule has 1 aromatic rings. The number of methoxy groups -OCH3 is 3. The Bertz CT molecular complexity index is 486. The number of benzene rings is 1. The minimum Gasteiger partial charge on any atom is -0.493 e. The molecule has 1 amide bonds. The molecule has 0 radical (unpaired) electrons. The van der Waals surface area contributed by atoms with Gasteiger partial charge in [-0.1, -0.05) is 6.92 Å². The van der Waals surface area contributed by atoms with Gasteiger partial charge in [0.2, 0.25) is 11.7 Å². The molecule has 5 nitrogen and oxygen atoms in total. The predicted molar refractivity (Wildman–Crippen MR) is 83.0 cm³/mol. The van der Waals surface area contributed by atoms with Crippen LogP contribution in [0.2, 0.25) is 0 Å². The van der Waals surface area contributed by atoms with E-state index >= 15 is 0 Å². The van der Waals surface area contributed by atoms with Gasteiger partial charge in [0.15, 0.2) is 11.5 Å². The Labute approximate surface area is 125 Å². The van der Waals surface area contributed by atoms with Crippen molar-refractivity contribution in [2.45, 2.75) is 26.3 Å². The molecule has 0 bridgehead atoms. The van der Waals surface area contributed by atoms with Crippen molar-refractivity contribution in [3.63, 3.8) is 0 Å². The van der Waals surface area contributed by atoms with Gasteiger partial charge in [0, 0.05) is 12.1 Å². The average molecular weight is 293 g/mol. The third kappa shape index (κ3) is 4.70. The number of rotatable bonds is 7. The van der Waals surface area contributed by atoms with Crippen molar-refractivity contribution in [1.29, 1.82) is 0 Å². The summed E-state index contributed by atoms with van der Waals surface area (Å²) in [6.07, 6.45) is 4.10. The SMILES string of the molecule is CC[C@@H](C)NC(=O)/C=C/c1cc(OC)c(OC)c(OC)c1. The molecule has 0 aliphatic rings. The van der Waals surface area contributed by atoms with Gasteiger partial charge in [0.1, 0.15) is 0 Å². The zero-order valence-corrected chi connectivity index (χ0v) is 13.2. The van der Waals surface area contributed by atoms with Gasteiger partial charge in [-0.15, -0.1) is 0 Å². The van der Waals surface area contributed by atoms with E-state index in [-0.39, 0.29) is 11.9 Å². The summed E-state index contributed by atoms with van der Waals surface area (Å²) in [5.41, 5.74) is 0.795. The largest absolute Gasteiger partial charge is 0.493 e. The van der Waals surface area contributed by atoms with Crippen LogP contribution in [0.25, 0.3) is 6.08 Å². The fraction of sp³-hybridized carbons (Fsp3) is 0.438. The molecule has 0 unspecified atom stereocenters. The van der Waals surface area contributed by atoms with Gasteiger partial charge in [0.05, 0.1) is 21.3 Å². The van der Waals surface area contributed by atoms with E-state index in [1.807, 2.05) is 13.8 Å². The topological polar surface area (TPSA) is 56.8 Å². The summed E-state index contributed by atoms with van der Waals surface area (Å²) in [5, 5.41) is 2.87. The zero-order valence-electron chi connectivity index (χ0n) is 13.2. The Kier molecular flexibility index (Phi) is 6.59. The second-order valence-electron chi connectivity index (χ2n) is 4.61. The number of hydrogen-bond donors (Lipinski definition) is 1. The highest BCUT2D eigenvalue weighted by atomic mass is 16.5. The summed E-state index contributed by atoms with van der Waals surface area (Å²) in [5.74, 6) is 1.51. The third-order valence-corrected chi connectivity index (χ3v) is 3.12. The molecule has 1 aromatic carbocycles. The van der Waals surface area contributed by atoms with Crippen LogP contribution in [0.15, 0.2) is 18.2 Å². The molecule has 0 aliphatic heterocycles. The van der Waals surface area contributed by atoms with E-state index in [1.165, 1.54) is 6.08 Å². The zero-order chi connectivity index (χ0) is 15.8. The summed E-state index contributed by atoms with van der Waals surface area (Å²) >= 11 is 0. The Hall–Kier alpha value is -2.17. The van der Waals surface area contributed by atoms with Gasteiger partial charge in [-0.3, -0.25) is 4.79 Å². The minimum absolute atomic E-state index is 0.127. The summed E-state index contributed by atoms with van der Waals surface area (Å²) in [6.45, 7) is 3.99. The maximum Gasteiger partial charge on any atom is 0.244 e. The van der Waals surface area contributed by atoms with Gasteiger partial charge >= 0.3 is 0 Å². The predicted octanol–water partition coefficient (Wildman–Crippen LogP) is 2.64. The van der Waals surface area contributed by atoms with Crippen molar-refractivity contribution < 1.29 is 19.0 Å². The molecular weight excluding hydrogens is 270 g/mol. The highest BCUT2D eigenvalue weighted by Crippen LogP contribution is 2.38. The van der Waals surface area contributed by atoms with Crippen LogP contribution in [-0.2, 0) is 4.79 Å². The first-order chi connectivity index (χ1) is 10.0. The maximum atomic E-state index is 11.7. The molecule has 0 aliphatic carbocycles. The smallest absolute Gasteiger partial charge is 0.244 e. The van der Waals surface area contributed by atoms with Gasteiger partial charge < -0.3 is 19.5 Å². The van der Waals surface area contributed by atoms with Crippen molar-refractivity contribution in [1.82, 2.24) is 5.32 Å². The van der Waals surface area contributed by atoms with E-state index in [0.717, 1.165) is 12.0 Å². The molecule has 0 saturated heterocycles. The molecule has 1 rings (SSSR count). The molecule has 116 valence electrons. The van der Waals surface area contributed by atoms with E-state index < -0.39 is 0 Å². The molecule has 0 spiro atoms. The third-order valence-electron chi connectivity index (χ3n) is 3.12. The van der Waals surface area contributed by atoms with Crippen LogP contribution in [0.1, 0.15) is 25.8 Å². The van der Waals surface area contributed by atoms with Gasteiger partial charge in [-0.25, -0.2) is 0 Å². The standard InChI is InChI=1S/C16H23NO4/c1-6-11(2)17-15(18)8-7-12-9-13(19-3)16(21-5)14(10-12)20-4/h7-11H,6H2,1-5H3,(H,17,18)/b8-7+/t11-/m1/s1. The van der Waals surface area contributed by atoms with Crippen LogP contribution in [-0.4, -0.2) is 33.3 Å². The lowest BCUT2D eigenvalue weighted by Gasteiger charge is -2.13. The van der Waals surface area contributed by atoms with Crippen LogP contribution in [0.3, 0.4) is 0 Å². The first-order valence-corrected chi connectivity index (χ1v) is 6.84. The first-order valence-electron chi connectivity index (χ1n) is 6.84. The molecule has 0 heterocycles. The quantitative estimate of drug-likeness (QED) is 0.785. The average Bonchev–Trinajstić information content (AvgIpc) is 2.51. The number of carbonyl (C=O) groups excluding carboxylic acids is 1. The maximum absolute atomic E-state index is 11.7. The van der Waals surface area contributed by atoms with Crippen LogP contribution < -0.4 is 19.5 Å².